The second-order valence-electron chi connectivity index (χ2n) is 10.5. The van der Waals surface area contributed by atoms with Crippen LogP contribution in [0.4, 0.5) is 0 Å². The number of carbonyl (C=O) groups is 3. The minimum absolute atomic E-state index is 0.0222. The number of nitrogens with zero attached hydrogens (tertiary/aromatic N) is 2. The van der Waals surface area contributed by atoms with Gasteiger partial charge in [0, 0.05) is 12.5 Å². The average molecular weight is 529 g/mol. The summed E-state index contributed by atoms with van der Waals surface area (Å²) in [6, 6.07) is 6.97. The molecular weight excluding hydrogens is 488 g/mol. The van der Waals surface area contributed by atoms with E-state index in [2.05, 4.69) is 17.6 Å². The lowest BCUT2D eigenvalue weighted by Crippen LogP contribution is -2.41. The normalized spacial score (nSPS) is 18.1. The molecule has 1 fully saturated rings. The van der Waals surface area contributed by atoms with Gasteiger partial charge in [-0.2, -0.15) is 5.10 Å². The van der Waals surface area contributed by atoms with Crippen LogP contribution in [0.25, 0.3) is 11.3 Å². The van der Waals surface area contributed by atoms with Gasteiger partial charge in [0.25, 0.3) is 5.91 Å². The number of carboxylic acids is 1. The molecular formula is C28H40N4O6. The molecule has 0 radical (unpaired) electrons. The molecule has 1 aromatic carbocycles. The average Bonchev–Trinajstić information content (AvgIpc) is 3.32. The van der Waals surface area contributed by atoms with Crippen molar-refractivity contribution >= 4 is 17.8 Å². The monoisotopic (exact) mass is 528 g/mol. The second-order valence-corrected chi connectivity index (χ2v) is 10.5. The zero-order valence-corrected chi connectivity index (χ0v) is 23.0. The second kappa shape index (κ2) is 13.3. The Labute approximate surface area is 224 Å². The van der Waals surface area contributed by atoms with Gasteiger partial charge in [0.2, 0.25) is 5.91 Å². The highest BCUT2D eigenvalue weighted by Crippen LogP contribution is 2.42. The smallest absolute Gasteiger partial charge is 0.322 e. The summed E-state index contributed by atoms with van der Waals surface area (Å²) < 4.78 is 13.2. The highest BCUT2D eigenvalue weighted by atomic mass is 16.5. The molecule has 1 aliphatic carbocycles. The number of methoxy groups -OCH3 is 2. The predicted molar refractivity (Wildman–Crippen MR) is 143 cm³/mol. The Bertz CT molecular complexity index is 1100. The number of aliphatic carboxylic acids is 1. The topological polar surface area (TPSA) is 132 Å². The van der Waals surface area contributed by atoms with Crippen molar-refractivity contribution in [2.75, 3.05) is 20.8 Å². The fourth-order valence-corrected chi connectivity index (χ4v) is 5.05. The molecule has 1 atom stereocenters. The van der Waals surface area contributed by atoms with Gasteiger partial charge in [-0.05, 0) is 62.1 Å². The SMILES string of the molecule is COc1cccc(OC)c1-c1cc(C(=O)N[C@H](CC(=O)NCC(=O)O)CC(C)C)nn1C1CCC(C)CC1. The molecule has 2 aromatic rings. The maximum atomic E-state index is 13.4. The van der Waals surface area contributed by atoms with Gasteiger partial charge in [-0.3, -0.25) is 19.1 Å². The number of carbonyl (C=O) groups excluding carboxylic acids is 2. The number of benzene rings is 1. The number of amides is 2. The molecule has 0 unspecified atom stereocenters. The van der Waals surface area contributed by atoms with Crippen molar-refractivity contribution in [2.45, 2.75) is 71.4 Å². The van der Waals surface area contributed by atoms with Crippen LogP contribution < -0.4 is 20.1 Å². The summed E-state index contributed by atoms with van der Waals surface area (Å²) >= 11 is 0. The van der Waals surface area contributed by atoms with Crippen molar-refractivity contribution in [2.24, 2.45) is 11.8 Å². The molecule has 0 aliphatic heterocycles. The van der Waals surface area contributed by atoms with Crippen LogP contribution in [0.2, 0.25) is 0 Å². The number of hydrogen-bond donors (Lipinski definition) is 3. The largest absolute Gasteiger partial charge is 0.496 e. The van der Waals surface area contributed by atoms with Crippen LogP contribution in [0.15, 0.2) is 24.3 Å². The number of rotatable bonds is 12. The third-order valence-electron chi connectivity index (χ3n) is 6.94. The van der Waals surface area contributed by atoms with E-state index in [1.807, 2.05) is 36.7 Å². The first-order chi connectivity index (χ1) is 18.1. The molecule has 1 aliphatic rings. The van der Waals surface area contributed by atoms with E-state index in [9.17, 15) is 14.4 Å². The molecule has 1 heterocycles. The molecule has 0 bridgehead atoms. The molecule has 3 rings (SSSR count). The number of aromatic nitrogens is 2. The zero-order chi connectivity index (χ0) is 27.8. The van der Waals surface area contributed by atoms with Gasteiger partial charge in [-0.15, -0.1) is 0 Å². The van der Waals surface area contributed by atoms with E-state index in [4.69, 9.17) is 19.7 Å². The summed E-state index contributed by atoms with van der Waals surface area (Å²) in [6.45, 7) is 5.79. The van der Waals surface area contributed by atoms with Crippen molar-refractivity contribution in [1.29, 1.82) is 0 Å². The van der Waals surface area contributed by atoms with Crippen molar-refractivity contribution < 1.29 is 29.0 Å². The van der Waals surface area contributed by atoms with Crippen molar-refractivity contribution in [1.82, 2.24) is 20.4 Å². The van der Waals surface area contributed by atoms with E-state index in [0.717, 1.165) is 36.9 Å². The molecule has 208 valence electrons. The lowest BCUT2D eigenvalue weighted by Gasteiger charge is -2.28. The first-order valence-corrected chi connectivity index (χ1v) is 13.2. The standard InChI is InChI=1S/C28H40N4O6/c1-17(2)13-19(14-25(33)29-16-26(34)35)30-28(36)21-15-22(27-23(37-4)7-6-8-24(27)38-5)32(31-21)20-11-9-18(3)10-12-20/h6-8,15,17-20H,9-14,16H2,1-5H3,(H,29,33)(H,30,36)(H,34,35)/t18?,19-,20?/m0/s1. The summed E-state index contributed by atoms with van der Waals surface area (Å²) in [5, 5.41) is 18.9. The molecule has 0 spiro atoms. The molecule has 38 heavy (non-hydrogen) atoms. The fraction of sp³-hybridized carbons (Fsp3) is 0.571. The lowest BCUT2D eigenvalue weighted by molar-refractivity contribution is -0.138. The number of hydrogen-bond acceptors (Lipinski definition) is 6. The number of ether oxygens (including phenoxy) is 2. The Balaban J connectivity index is 1.94. The Morgan fingerprint density at radius 1 is 1.11 bits per heavy atom. The maximum Gasteiger partial charge on any atom is 0.322 e. The minimum Gasteiger partial charge on any atom is -0.496 e. The maximum absolute atomic E-state index is 13.4. The summed E-state index contributed by atoms with van der Waals surface area (Å²) in [6.07, 6.45) is 4.60. The molecule has 10 nitrogen and oxygen atoms in total. The third kappa shape index (κ3) is 7.49. The Morgan fingerprint density at radius 2 is 1.74 bits per heavy atom. The summed E-state index contributed by atoms with van der Waals surface area (Å²) in [4.78, 5) is 36.6. The van der Waals surface area contributed by atoms with E-state index in [1.165, 1.54) is 0 Å². The van der Waals surface area contributed by atoms with E-state index in [-0.39, 0.29) is 30.0 Å². The lowest BCUT2D eigenvalue weighted by atomic mass is 9.87. The summed E-state index contributed by atoms with van der Waals surface area (Å²) in [7, 11) is 3.20. The minimum atomic E-state index is -1.12. The van der Waals surface area contributed by atoms with Gasteiger partial charge >= 0.3 is 5.97 Å². The molecule has 1 aromatic heterocycles. The van der Waals surface area contributed by atoms with Gasteiger partial charge in [-0.25, -0.2) is 0 Å². The van der Waals surface area contributed by atoms with Gasteiger partial charge in [-0.1, -0.05) is 26.8 Å². The summed E-state index contributed by atoms with van der Waals surface area (Å²) in [5.41, 5.74) is 1.71. The highest BCUT2D eigenvalue weighted by molar-refractivity contribution is 5.94. The molecule has 2 amide bonds. The summed E-state index contributed by atoms with van der Waals surface area (Å²) in [5.74, 6) is 0.161. The van der Waals surface area contributed by atoms with Crippen molar-refractivity contribution in [3.05, 3.63) is 30.0 Å². The van der Waals surface area contributed by atoms with E-state index in [1.54, 1.807) is 20.3 Å². The van der Waals surface area contributed by atoms with Crippen LogP contribution in [0.5, 0.6) is 11.5 Å². The van der Waals surface area contributed by atoms with Gasteiger partial charge in [0.1, 0.15) is 18.0 Å². The van der Waals surface area contributed by atoms with Crippen LogP contribution in [0, 0.1) is 11.8 Å². The molecule has 1 saturated carbocycles. The van der Waals surface area contributed by atoms with Crippen LogP contribution in [-0.2, 0) is 9.59 Å². The number of nitrogens with one attached hydrogen (secondary N) is 2. The van der Waals surface area contributed by atoms with Gasteiger partial charge in [0.05, 0.1) is 31.5 Å². The van der Waals surface area contributed by atoms with Crippen LogP contribution in [0.3, 0.4) is 0 Å². The molecule has 0 saturated heterocycles. The number of carboxylic acid groups (broad SMARTS) is 1. The third-order valence-corrected chi connectivity index (χ3v) is 6.94. The van der Waals surface area contributed by atoms with Gasteiger partial charge < -0.3 is 25.2 Å². The Morgan fingerprint density at radius 3 is 2.29 bits per heavy atom. The van der Waals surface area contributed by atoms with Crippen molar-refractivity contribution in [3.63, 3.8) is 0 Å². The Kier molecular flexibility index (Phi) is 10.2. The first kappa shape index (κ1) is 29.0. The van der Waals surface area contributed by atoms with Gasteiger partial charge in [0.15, 0.2) is 5.69 Å². The highest BCUT2D eigenvalue weighted by Gasteiger charge is 2.29. The first-order valence-electron chi connectivity index (χ1n) is 13.2. The van der Waals surface area contributed by atoms with Crippen LogP contribution in [0.1, 0.15) is 75.8 Å². The van der Waals surface area contributed by atoms with E-state index < -0.39 is 24.5 Å². The van der Waals surface area contributed by atoms with Crippen molar-refractivity contribution in [3.8, 4) is 22.8 Å². The molecule has 10 heteroatoms. The van der Waals surface area contributed by atoms with Crippen LogP contribution >= 0.6 is 0 Å². The predicted octanol–water partition coefficient (Wildman–Crippen LogP) is 4.05. The van der Waals surface area contributed by atoms with E-state index in [0.29, 0.717) is 23.8 Å². The Hall–Kier alpha value is -3.56. The zero-order valence-electron chi connectivity index (χ0n) is 23.0. The quantitative estimate of drug-likeness (QED) is 0.379. The van der Waals surface area contributed by atoms with Crippen LogP contribution in [-0.4, -0.2) is 59.5 Å². The molecule has 3 N–H and O–H groups in total. The van der Waals surface area contributed by atoms with E-state index >= 15 is 0 Å². The fourth-order valence-electron chi connectivity index (χ4n) is 5.05.